The molecule has 0 saturated carbocycles. The van der Waals surface area contributed by atoms with E-state index in [2.05, 4.69) is 5.32 Å². The molecule has 1 saturated heterocycles. The van der Waals surface area contributed by atoms with Crippen molar-refractivity contribution in [1.29, 1.82) is 0 Å². The summed E-state index contributed by atoms with van der Waals surface area (Å²) in [4.78, 5) is 37.8. The number of carboxylic acid groups (broad SMARTS) is 1. The first kappa shape index (κ1) is 25.0. The summed E-state index contributed by atoms with van der Waals surface area (Å²) in [5, 5.41) is 12.7. The van der Waals surface area contributed by atoms with E-state index in [1.807, 2.05) is 31.2 Å². The van der Waals surface area contributed by atoms with Gasteiger partial charge >= 0.3 is 5.97 Å². The summed E-state index contributed by atoms with van der Waals surface area (Å²) in [6.07, 6.45) is 0.305. The fourth-order valence-corrected chi connectivity index (χ4v) is 4.34. The van der Waals surface area contributed by atoms with Crippen molar-refractivity contribution >= 4 is 41.0 Å². The van der Waals surface area contributed by atoms with Gasteiger partial charge in [-0.2, -0.15) is 0 Å². The molecule has 1 fully saturated rings. The molecular weight excluding hydrogens is 467 g/mol. The highest BCUT2D eigenvalue weighted by Gasteiger charge is 2.42. The van der Waals surface area contributed by atoms with E-state index >= 15 is 0 Å². The Morgan fingerprint density at radius 1 is 1.09 bits per heavy atom. The van der Waals surface area contributed by atoms with Crippen molar-refractivity contribution in [3.8, 4) is 0 Å². The molecule has 2 aromatic carbocycles. The average Bonchev–Trinajstić information content (AvgIpc) is 2.77. The molecule has 0 radical (unpaired) electrons. The van der Waals surface area contributed by atoms with E-state index in [4.69, 9.17) is 33.0 Å². The number of hydrogen-bond acceptors (Lipinski definition) is 4. The van der Waals surface area contributed by atoms with Crippen LogP contribution in [0.1, 0.15) is 49.5 Å². The average molecular weight is 493 g/mol. The van der Waals surface area contributed by atoms with Gasteiger partial charge in [0.05, 0.1) is 6.04 Å². The second-order valence-corrected chi connectivity index (χ2v) is 8.77. The van der Waals surface area contributed by atoms with Crippen molar-refractivity contribution in [1.82, 2.24) is 10.2 Å². The maximum atomic E-state index is 13.2. The molecule has 0 bridgehead atoms. The molecule has 0 spiro atoms. The lowest BCUT2D eigenvalue weighted by Gasteiger charge is -2.45. The quantitative estimate of drug-likeness (QED) is 0.505. The van der Waals surface area contributed by atoms with Crippen molar-refractivity contribution in [3.63, 3.8) is 0 Å². The largest absolute Gasteiger partial charge is 0.481 e. The number of morpholine rings is 1. The molecule has 0 aromatic heterocycles. The van der Waals surface area contributed by atoms with Gasteiger partial charge in [0.15, 0.2) is 0 Å². The molecule has 9 heteroatoms. The minimum absolute atomic E-state index is 0.110. The molecule has 2 aromatic rings. The van der Waals surface area contributed by atoms with Gasteiger partial charge in [0.2, 0.25) is 11.8 Å². The van der Waals surface area contributed by atoms with Crippen LogP contribution in [0, 0.1) is 0 Å². The third-order valence-corrected chi connectivity index (χ3v) is 6.04. The van der Waals surface area contributed by atoms with Gasteiger partial charge < -0.3 is 20.1 Å². The van der Waals surface area contributed by atoms with Crippen LogP contribution in [-0.4, -0.2) is 47.0 Å². The fraction of sp³-hybridized carbons (Fsp3) is 0.375. The van der Waals surface area contributed by atoms with E-state index in [0.717, 1.165) is 17.5 Å². The maximum absolute atomic E-state index is 13.2. The number of amides is 2. The first-order valence-corrected chi connectivity index (χ1v) is 11.5. The van der Waals surface area contributed by atoms with Crippen molar-refractivity contribution in [3.05, 3.63) is 69.7 Å². The molecule has 2 amide bonds. The fourth-order valence-electron chi connectivity index (χ4n) is 4.09. The number of carbonyl (C=O) groups is 3. The SMILES string of the molecule is CCC[C@@H](CNC(=O)CC(=O)O)N1C(=O)CO[C@@H](c2ccc(Cl)cc2)[C@H]1c1ccc(Cl)cc1. The highest BCUT2D eigenvalue weighted by atomic mass is 35.5. The monoisotopic (exact) mass is 492 g/mol. The third-order valence-electron chi connectivity index (χ3n) is 5.53. The second-order valence-electron chi connectivity index (χ2n) is 7.90. The highest BCUT2D eigenvalue weighted by molar-refractivity contribution is 6.30. The molecule has 7 nitrogen and oxygen atoms in total. The Bertz CT molecular complexity index is 981. The standard InChI is InChI=1S/C24H26Cl2N2O5/c1-2-3-19(13-27-20(29)12-22(31)32)28-21(30)14-33-24(16-6-10-18(26)11-7-16)23(28)15-4-8-17(25)9-5-15/h4-11,19,23-24H,2-3,12-14H2,1H3,(H,27,29)(H,31,32)/t19-,23+,24-/m0/s1. The summed E-state index contributed by atoms with van der Waals surface area (Å²) in [7, 11) is 0. The van der Waals surface area contributed by atoms with E-state index in [1.165, 1.54) is 0 Å². The number of nitrogens with one attached hydrogen (secondary N) is 1. The molecule has 176 valence electrons. The van der Waals surface area contributed by atoms with Crippen LogP contribution in [0.3, 0.4) is 0 Å². The van der Waals surface area contributed by atoms with Gasteiger partial charge in [-0.15, -0.1) is 0 Å². The number of carboxylic acids is 1. The number of carbonyl (C=O) groups excluding carboxylic acids is 2. The number of benzene rings is 2. The molecule has 1 aliphatic rings. The maximum Gasteiger partial charge on any atom is 0.312 e. The Morgan fingerprint density at radius 3 is 2.21 bits per heavy atom. The Labute approximate surface area is 202 Å². The number of ether oxygens (including phenoxy) is 1. The van der Waals surface area contributed by atoms with E-state index in [9.17, 15) is 14.4 Å². The summed E-state index contributed by atoms with van der Waals surface area (Å²) in [6, 6.07) is 13.7. The summed E-state index contributed by atoms with van der Waals surface area (Å²) >= 11 is 12.2. The van der Waals surface area contributed by atoms with Crippen molar-refractivity contribution in [2.75, 3.05) is 13.2 Å². The normalized spacial score (nSPS) is 19.2. The van der Waals surface area contributed by atoms with Crippen molar-refractivity contribution in [2.24, 2.45) is 0 Å². The number of aliphatic carboxylic acids is 1. The number of halogens is 2. The Hall–Kier alpha value is -2.61. The van der Waals surface area contributed by atoms with Crippen LogP contribution in [-0.2, 0) is 19.1 Å². The lowest BCUT2D eigenvalue weighted by molar-refractivity contribution is -0.163. The second kappa shape index (κ2) is 11.5. The minimum Gasteiger partial charge on any atom is -0.481 e. The Kier molecular flexibility index (Phi) is 8.72. The van der Waals surface area contributed by atoms with Gasteiger partial charge in [-0.25, -0.2) is 0 Å². The Balaban J connectivity index is 1.98. The van der Waals surface area contributed by atoms with E-state index < -0.39 is 30.4 Å². The van der Waals surface area contributed by atoms with Crippen LogP contribution in [0.2, 0.25) is 10.0 Å². The van der Waals surface area contributed by atoms with Crippen LogP contribution in [0.4, 0.5) is 0 Å². The van der Waals surface area contributed by atoms with Crippen LogP contribution in [0.5, 0.6) is 0 Å². The van der Waals surface area contributed by atoms with Crippen LogP contribution < -0.4 is 5.32 Å². The van der Waals surface area contributed by atoms with Gasteiger partial charge in [-0.05, 0) is 41.8 Å². The summed E-state index contributed by atoms with van der Waals surface area (Å²) < 4.78 is 6.02. The minimum atomic E-state index is -1.20. The van der Waals surface area contributed by atoms with Crippen molar-refractivity contribution < 1.29 is 24.2 Å². The summed E-state index contributed by atoms with van der Waals surface area (Å²) in [6.45, 7) is 2.02. The third kappa shape index (κ3) is 6.47. The molecule has 3 atom stereocenters. The lowest BCUT2D eigenvalue weighted by atomic mass is 9.90. The predicted molar refractivity (Wildman–Crippen MR) is 125 cm³/mol. The van der Waals surface area contributed by atoms with Gasteiger partial charge in [0.25, 0.3) is 0 Å². The Morgan fingerprint density at radius 2 is 1.67 bits per heavy atom. The van der Waals surface area contributed by atoms with E-state index in [1.54, 1.807) is 29.2 Å². The van der Waals surface area contributed by atoms with Gasteiger partial charge in [-0.3, -0.25) is 14.4 Å². The number of nitrogens with zero attached hydrogens (tertiary/aromatic N) is 1. The van der Waals surface area contributed by atoms with E-state index in [0.29, 0.717) is 16.5 Å². The van der Waals surface area contributed by atoms with Crippen LogP contribution in [0.25, 0.3) is 0 Å². The van der Waals surface area contributed by atoms with E-state index in [-0.39, 0.29) is 25.1 Å². The van der Waals surface area contributed by atoms with Crippen molar-refractivity contribution in [2.45, 2.75) is 44.4 Å². The predicted octanol–water partition coefficient (Wildman–Crippen LogP) is 4.39. The molecule has 1 heterocycles. The van der Waals surface area contributed by atoms with Gasteiger partial charge in [0.1, 0.15) is 19.1 Å². The smallest absolute Gasteiger partial charge is 0.312 e. The molecule has 1 aliphatic heterocycles. The summed E-state index contributed by atoms with van der Waals surface area (Å²) in [5.74, 6) is -2.00. The zero-order chi connectivity index (χ0) is 24.0. The first-order chi connectivity index (χ1) is 15.8. The zero-order valence-corrected chi connectivity index (χ0v) is 19.7. The van der Waals surface area contributed by atoms with Crippen LogP contribution in [0.15, 0.2) is 48.5 Å². The summed E-state index contributed by atoms with van der Waals surface area (Å²) in [5.41, 5.74) is 1.70. The number of hydrogen-bond donors (Lipinski definition) is 2. The molecule has 0 aliphatic carbocycles. The van der Waals surface area contributed by atoms with Gasteiger partial charge in [-0.1, -0.05) is 60.8 Å². The molecular formula is C24H26Cl2N2O5. The van der Waals surface area contributed by atoms with Crippen LogP contribution >= 0.6 is 23.2 Å². The highest BCUT2D eigenvalue weighted by Crippen LogP contribution is 2.42. The lowest BCUT2D eigenvalue weighted by Crippen LogP contribution is -2.54. The van der Waals surface area contributed by atoms with Gasteiger partial charge in [0, 0.05) is 22.6 Å². The first-order valence-electron chi connectivity index (χ1n) is 10.7. The topological polar surface area (TPSA) is 95.9 Å². The zero-order valence-electron chi connectivity index (χ0n) is 18.2. The molecule has 0 unspecified atom stereocenters. The molecule has 33 heavy (non-hydrogen) atoms. The number of rotatable bonds is 9. The molecule has 2 N–H and O–H groups in total. The molecule has 3 rings (SSSR count).